The van der Waals surface area contributed by atoms with Crippen LogP contribution in [0, 0.1) is 30.3 Å². The summed E-state index contributed by atoms with van der Waals surface area (Å²) >= 11 is -1.72. The summed E-state index contributed by atoms with van der Waals surface area (Å²) < 4.78 is 21.5. The Kier molecular flexibility index (Phi) is 11.2. The number of fused-ring (bicyclic) bond motifs is 5. The summed E-state index contributed by atoms with van der Waals surface area (Å²) in [4.78, 5) is 9.24. The second-order valence-corrected chi connectivity index (χ2v) is 26.4. The van der Waals surface area contributed by atoms with E-state index in [-0.39, 0.29) is 31.3 Å². The number of aryl methyl sites for hydroxylation is 1. The standard InChI is InChI=1S/C33H27FNO.C14H16GeN.Ir/c1-20-19-35-30(15-23(20)18-33(2,3)4)22-11-14-26-29-17-28(21-9-12-24(34)13-10-21)25-7-5-6-8-27(25)32(29)36-31(26)16-22;1-15(2,3)13-9-10-14(16-11-13)12-7-5-4-6-8-12;/h5-15,17,19H,18H2,1-4H3;4-7,9-11H,1-3H3;/q2*-1;. The van der Waals surface area contributed by atoms with E-state index in [9.17, 15) is 4.39 Å². The molecule has 0 saturated heterocycles. The molecule has 0 spiro atoms. The number of nitrogens with zero attached hydrogens (tertiary/aromatic N) is 2. The van der Waals surface area contributed by atoms with E-state index in [1.165, 1.54) is 27.7 Å². The molecule has 8 aromatic rings. The second kappa shape index (κ2) is 15.5. The first-order valence-electron chi connectivity index (χ1n) is 17.8. The third-order valence-corrected chi connectivity index (χ3v) is 13.6. The molecule has 0 fully saturated rings. The van der Waals surface area contributed by atoms with E-state index < -0.39 is 13.3 Å². The summed E-state index contributed by atoms with van der Waals surface area (Å²) in [7, 11) is 0. The number of rotatable bonds is 5. The van der Waals surface area contributed by atoms with E-state index in [4.69, 9.17) is 9.40 Å². The number of pyridine rings is 2. The van der Waals surface area contributed by atoms with E-state index >= 15 is 0 Å². The topological polar surface area (TPSA) is 38.9 Å². The molecule has 0 N–H and O–H groups in total. The van der Waals surface area contributed by atoms with Crippen LogP contribution in [0.5, 0.6) is 0 Å². The molecule has 3 heterocycles. The minimum atomic E-state index is -1.72. The fourth-order valence-corrected chi connectivity index (χ4v) is 8.74. The zero-order valence-corrected chi connectivity index (χ0v) is 35.8. The monoisotopic (exact) mass is 937 g/mol. The molecule has 0 aliphatic carbocycles. The Morgan fingerprint density at radius 2 is 1.43 bits per heavy atom. The van der Waals surface area contributed by atoms with Crippen molar-refractivity contribution in [2.45, 2.75) is 51.4 Å². The van der Waals surface area contributed by atoms with Gasteiger partial charge in [-0.05, 0) is 64.0 Å². The molecule has 0 unspecified atom stereocenters. The van der Waals surface area contributed by atoms with Gasteiger partial charge in [0, 0.05) is 31.7 Å². The van der Waals surface area contributed by atoms with Gasteiger partial charge in [-0.25, -0.2) is 4.39 Å². The first-order chi connectivity index (χ1) is 24.8. The maximum absolute atomic E-state index is 13.6. The van der Waals surface area contributed by atoms with Crippen LogP contribution in [-0.2, 0) is 26.5 Å². The summed E-state index contributed by atoms with van der Waals surface area (Å²) in [5.41, 5.74) is 10.2. The van der Waals surface area contributed by atoms with Gasteiger partial charge in [-0.1, -0.05) is 86.3 Å². The van der Waals surface area contributed by atoms with Crippen molar-refractivity contribution in [1.82, 2.24) is 9.97 Å². The molecule has 0 aliphatic heterocycles. The summed E-state index contributed by atoms with van der Waals surface area (Å²) in [5, 5.41) is 4.13. The maximum atomic E-state index is 13.6. The Hall–Kier alpha value is -4.42. The zero-order valence-electron chi connectivity index (χ0n) is 31.3. The molecule has 3 nitrogen and oxygen atoms in total. The zero-order chi connectivity index (χ0) is 36.6. The van der Waals surface area contributed by atoms with Gasteiger partial charge in [-0.15, -0.1) is 17.7 Å². The third-order valence-electron chi connectivity index (χ3n) is 9.38. The number of aromatic nitrogens is 2. The molecule has 0 aliphatic rings. The van der Waals surface area contributed by atoms with E-state index in [0.717, 1.165) is 67.2 Å². The Labute approximate surface area is 328 Å². The quantitative estimate of drug-likeness (QED) is 0.127. The summed E-state index contributed by atoms with van der Waals surface area (Å²) in [6, 6.07) is 42.3. The van der Waals surface area contributed by atoms with E-state index in [1.807, 2.05) is 60.9 Å². The minimum Gasteiger partial charge on any atom is 0 e. The molecular weight excluding hydrogens is 892 g/mol. The predicted molar refractivity (Wildman–Crippen MR) is 218 cm³/mol. The molecule has 0 bridgehead atoms. The molecule has 0 atom stereocenters. The van der Waals surface area contributed by atoms with Crippen LogP contribution < -0.4 is 4.40 Å². The number of halogens is 1. The van der Waals surface area contributed by atoms with Crippen molar-refractivity contribution in [2.75, 3.05) is 0 Å². The first-order valence-corrected chi connectivity index (χ1v) is 25.1. The van der Waals surface area contributed by atoms with E-state index in [1.54, 1.807) is 0 Å². The fraction of sp³-hybridized carbons (Fsp3) is 0.191. The van der Waals surface area contributed by atoms with Gasteiger partial charge in [0.15, 0.2) is 0 Å². The Morgan fingerprint density at radius 3 is 2.09 bits per heavy atom. The van der Waals surface area contributed by atoms with Crippen LogP contribution in [0.4, 0.5) is 4.39 Å². The molecule has 0 amide bonds. The van der Waals surface area contributed by atoms with Crippen LogP contribution in [0.3, 0.4) is 0 Å². The molecule has 5 aromatic carbocycles. The molecule has 3 aromatic heterocycles. The molecule has 6 heteroatoms. The first kappa shape index (κ1) is 38.3. The molecule has 269 valence electrons. The molecule has 8 rings (SSSR count). The number of hydrogen-bond acceptors (Lipinski definition) is 3. The van der Waals surface area contributed by atoms with Crippen molar-refractivity contribution < 1.29 is 28.9 Å². The molecule has 0 saturated carbocycles. The average Bonchev–Trinajstić information content (AvgIpc) is 3.50. The van der Waals surface area contributed by atoms with Crippen molar-refractivity contribution in [3.8, 4) is 33.6 Å². The fourth-order valence-electron chi connectivity index (χ4n) is 6.57. The Morgan fingerprint density at radius 1 is 0.717 bits per heavy atom. The average molecular weight is 936 g/mol. The van der Waals surface area contributed by atoms with Crippen molar-refractivity contribution in [1.29, 1.82) is 0 Å². The van der Waals surface area contributed by atoms with Gasteiger partial charge in [0.05, 0.1) is 5.58 Å². The van der Waals surface area contributed by atoms with Crippen molar-refractivity contribution in [2.24, 2.45) is 5.41 Å². The molecule has 1 radical (unpaired) electrons. The molecular formula is C47H43FGeIrN2O-2. The van der Waals surface area contributed by atoms with Gasteiger partial charge in [-0.3, -0.25) is 0 Å². The van der Waals surface area contributed by atoms with Gasteiger partial charge in [-0.2, -0.15) is 0 Å². The van der Waals surface area contributed by atoms with Crippen LogP contribution in [0.15, 0.2) is 126 Å². The summed E-state index contributed by atoms with van der Waals surface area (Å²) in [5.74, 6) is 6.90. The van der Waals surface area contributed by atoms with Gasteiger partial charge in [0.1, 0.15) is 11.4 Å². The normalized spacial score (nSPS) is 11.7. The van der Waals surface area contributed by atoms with Crippen molar-refractivity contribution >= 4 is 50.4 Å². The van der Waals surface area contributed by atoms with Gasteiger partial charge in [0.25, 0.3) is 0 Å². The van der Waals surface area contributed by atoms with Crippen LogP contribution in [0.2, 0.25) is 17.3 Å². The predicted octanol–water partition coefficient (Wildman–Crippen LogP) is 12.4. The van der Waals surface area contributed by atoms with E-state index in [0.29, 0.717) is 5.58 Å². The smallest absolute Gasteiger partial charge is 0 e. The van der Waals surface area contributed by atoms with Gasteiger partial charge < -0.3 is 9.40 Å². The minimum absolute atomic E-state index is 0. The van der Waals surface area contributed by atoms with Crippen molar-refractivity contribution in [3.05, 3.63) is 151 Å². The van der Waals surface area contributed by atoms with Gasteiger partial charge >= 0.3 is 99.8 Å². The number of furan rings is 1. The van der Waals surface area contributed by atoms with Crippen molar-refractivity contribution in [3.63, 3.8) is 0 Å². The Bertz CT molecular complexity index is 2510. The largest absolute Gasteiger partial charge is 0 e. The van der Waals surface area contributed by atoms with Crippen LogP contribution in [0.25, 0.3) is 66.4 Å². The van der Waals surface area contributed by atoms with Crippen LogP contribution in [-0.4, -0.2) is 23.2 Å². The summed E-state index contributed by atoms with van der Waals surface area (Å²) in [6.45, 7) is 8.88. The van der Waals surface area contributed by atoms with Gasteiger partial charge in [0.2, 0.25) is 0 Å². The van der Waals surface area contributed by atoms with E-state index in [2.05, 4.69) is 111 Å². The summed E-state index contributed by atoms with van der Waals surface area (Å²) in [6.07, 6.45) is 4.98. The number of benzene rings is 5. The molecule has 53 heavy (non-hydrogen) atoms. The third kappa shape index (κ3) is 8.54. The second-order valence-electron chi connectivity index (χ2n) is 15.8. The van der Waals surface area contributed by atoms with Crippen LogP contribution in [0.1, 0.15) is 31.9 Å². The number of hydrogen-bond donors (Lipinski definition) is 0. The van der Waals surface area contributed by atoms with Crippen LogP contribution >= 0.6 is 0 Å². The SMILES string of the molecule is Cc1cnc(-c2[c-]c3oc4c5ccccc5c(-c5ccc(F)cc5)cc4c3cc2)cc1CC(C)(C)C.[CH3][Ge]([CH3])([CH3])[c]1ccc(-c2[c-]cccc2)nc1.[Ir]. The Balaban J connectivity index is 0.000000238. The maximum Gasteiger partial charge on any atom is 0 e.